The van der Waals surface area contributed by atoms with Crippen molar-refractivity contribution in [3.8, 4) is 0 Å². The third-order valence-electron chi connectivity index (χ3n) is 6.73. The van der Waals surface area contributed by atoms with Gasteiger partial charge < -0.3 is 34.9 Å². The number of aliphatic hydroxyl groups excluding tert-OH is 1. The van der Waals surface area contributed by atoms with E-state index >= 15 is 0 Å². The molecule has 214 valence electrons. The standard InChI is InChI=1S/C27H41BN4O7/c1-19(2)17-24(29)39-28-38-16-12-30(11-14-33)25-18-37-15-13-31(25)27(36)32(20(3)26(34)35)23-10-6-8-21-7-4-5-9-22(21)23/h4-10,19-20,24-25,28,33H,11-18,29H2,1-3H3,(H,34,35)/t20-,24+,25?/m0/s1. The maximum atomic E-state index is 14.1. The summed E-state index contributed by atoms with van der Waals surface area (Å²) in [6, 6.07) is 11.5. The molecule has 3 rings (SSSR count). The highest BCUT2D eigenvalue weighted by Crippen LogP contribution is 2.30. The molecule has 2 aromatic rings. The lowest BCUT2D eigenvalue weighted by molar-refractivity contribution is -0.138. The molecule has 1 aliphatic heterocycles. The van der Waals surface area contributed by atoms with Crippen molar-refractivity contribution in [2.75, 3.05) is 51.0 Å². The van der Waals surface area contributed by atoms with E-state index in [0.717, 1.165) is 17.2 Å². The molecule has 1 saturated heterocycles. The van der Waals surface area contributed by atoms with Crippen molar-refractivity contribution >= 4 is 36.1 Å². The summed E-state index contributed by atoms with van der Waals surface area (Å²) in [5.74, 6) is -0.704. The van der Waals surface area contributed by atoms with Gasteiger partial charge in [0.15, 0.2) is 0 Å². The van der Waals surface area contributed by atoms with Gasteiger partial charge in [-0.25, -0.2) is 9.59 Å². The van der Waals surface area contributed by atoms with Crippen molar-refractivity contribution in [1.29, 1.82) is 0 Å². The van der Waals surface area contributed by atoms with Crippen LogP contribution in [0.2, 0.25) is 0 Å². The molecular weight excluding hydrogens is 503 g/mol. The lowest BCUT2D eigenvalue weighted by atomic mass is 10.1. The number of carbonyl (C=O) groups is 2. The van der Waals surface area contributed by atoms with E-state index in [4.69, 9.17) is 19.8 Å². The second-order valence-electron chi connectivity index (χ2n) is 10.0. The summed E-state index contributed by atoms with van der Waals surface area (Å²) in [5.41, 5.74) is 6.46. The van der Waals surface area contributed by atoms with Crippen LogP contribution in [0.1, 0.15) is 27.2 Å². The van der Waals surface area contributed by atoms with E-state index in [0.29, 0.717) is 24.8 Å². The van der Waals surface area contributed by atoms with Crippen LogP contribution in [0.3, 0.4) is 0 Å². The zero-order chi connectivity index (χ0) is 28.4. The maximum Gasteiger partial charge on any atom is 0.439 e. The van der Waals surface area contributed by atoms with E-state index in [9.17, 15) is 19.8 Å². The van der Waals surface area contributed by atoms with Gasteiger partial charge in [0.2, 0.25) is 0 Å². The number of hydrogen-bond donors (Lipinski definition) is 3. The maximum absolute atomic E-state index is 14.1. The third-order valence-corrected chi connectivity index (χ3v) is 6.73. The fourth-order valence-corrected chi connectivity index (χ4v) is 4.71. The van der Waals surface area contributed by atoms with E-state index in [-0.39, 0.29) is 40.6 Å². The number of nitrogens with zero attached hydrogens (tertiary/aromatic N) is 3. The Hall–Kier alpha value is -2.74. The van der Waals surface area contributed by atoms with Crippen molar-refractivity contribution in [1.82, 2.24) is 9.80 Å². The predicted octanol–water partition coefficient (Wildman–Crippen LogP) is 1.82. The molecule has 0 spiro atoms. The smallest absolute Gasteiger partial charge is 0.439 e. The monoisotopic (exact) mass is 544 g/mol. The molecule has 0 aliphatic carbocycles. The van der Waals surface area contributed by atoms with Gasteiger partial charge in [0.25, 0.3) is 0 Å². The van der Waals surface area contributed by atoms with Gasteiger partial charge in [-0.2, -0.15) is 0 Å². The highest BCUT2D eigenvalue weighted by atomic mass is 16.6. The number of benzene rings is 2. The molecule has 0 radical (unpaired) electrons. The molecule has 2 aromatic carbocycles. The van der Waals surface area contributed by atoms with Gasteiger partial charge in [-0.15, -0.1) is 0 Å². The molecular formula is C27H41BN4O7. The Kier molecular flexibility index (Phi) is 12.0. The van der Waals surface area contributed by atoms with Gasteiger partial charge in [0.1, 0.15) is 12.2 Å². The van der Waals surface area contributed by atoms with E-state index < -0.39 is 30.4 Å². The summed E-state index contributed by atoms with van der Waals surface area (Å²) < 4.78 is 16.8. The van der Waals surface area contributed by atoms with E-state index in [1.54, 1.807) is 11.0 Å². The first-order valence-electron chi connectivity index (χ1n) is 13.4. The molecule has 3 atom stereocenters. The number of hydrogen-bond acceptors (Lipinski definition) is 8. The van der Waals surface area contributed by atoms with E-state index in [2.05, 4.69) is 13.8 Å². The average Bonchev–Trinajstić information content (AvgIpc) is 2.92. The fraction of sp³-hybridized carbons (Fsp3) is 0.556. The molecule has 12 heteroatoms. The van der Waals surface area contributed by atoms with Crippen molar-refractivity contribution in [2.45, 2.75) is 45.6 Å². The van der Waals surface area contributed by atoms with Crippen LogP contribution in [0.5, 0.6) is 0 Å². The summed E-state index contributed by atoms with van der Waals surface area (Å²) in [6.07, 6.45) is -0.211. The van der Waals surface area contributed by atoms with E-state index in [1.165, 1.54) is 11.8 Å². The molecule has 0 aromatic heterocycles. The largest absolute Gasteiger partial charge is 0.480 e. The van der Waals surface area contributed by atoms with Gasteiger partial charge in [-0.3, -0.25) is 9.80 Å². The number of rotatable bonds is 14. The molecule has 0 bridgehead atoms. The number of carboxylic acid groups (broad SMARTS) is 1. The van der Waals surface area contributed by atoms with Crippen LogP contribution in [-0.4, -0.2) is 104 Å². The molecule has 4 N–H and O–H groups in total. The van der Waals surface area contributed by atoms with Gasteiger partial charge in [-0.1, -0.05) is 50.2 Å². The topological polar surface area (TPSA) is 138 Å². The Labute approximate surface area is 230 Å². The summed E-state index contributed by atoms with van der Waals surface area (Å²) in [6.45, 7) is 7.25. The highest BCUT2D eigenvalue weighted by molar-refractivity contribution is 6.18. The summed E-state index contributed by atoms with van der Waals surface area (Å²) in [7, 11) is 0.0373. The van der Waals surface area contributed by atoms with Crippen LogP contribution in [0.4, 0.5) is 10.5 Å². The normalized spacial score (nSPS) is 17.4. The van der Waals surface area contributed by atoms with Crippen LogP contribution in [0, 0.1) is 5.92 Å². The number of morpholine rings is 1. The summed E-state index contributed by atoms with van der Waals surface area (Å²) in [4.78, 5) is 31.1. The van der Waals surface area contributed by atoms with Crippen LogP contribution in [-0.2, 0) is 18.8 Å². The SMILES string of the molecule is CC(C)C[C@H](N)OBOCCN(CCO)C1COCCN1C(=O)N(c1cccc2ccccc12)[C@@H](C)C(=O)O. The number of carboxylic acids is 1. The van der Waals surface area contributed by atoms with Gasteiger partial charge in [0.05, 0.1) is 31.7 Å². The zero-order valence-electron chi connectivity index (χ0n) is 23.1. The second-order valence-corrected chi connectivity index (χ2v) is 10.0. The average molecular weight is 544 g/mol. The van der Waals surface area contributed by atoms with Crippen molar-refractivity contribution in [2.24, 2.45) is 11.7 Å². The van der Waals surface area contributed by atoms with Crippen molar-refractivity contribution in [3.05, 3.63) is 42.5 Å². The molecule has 1 unspecified atom stereocenters. The minimum atomic E-state index is -1.12. The molecule has 0 saturated carbocycles. The highest BCUT2D eigenvalue weighted by Gasteiger charge is 2.38. The molecule has 39 heavy (non-hydrogen) atoms. The third kappa shape index (κ3) is 8.37. The number of carbonyl (C=O) groups excluding carboxylic acids is 1. The van der Waals surface area contributed by atoms with Crippen molar-refractivity contribution in [3.63, 3.8) is 0 Å². The van der Waals surface area contributed by atoms with Gasteiger partial charge >= 0.3 is 19.7 Å². The summed E-state index contributed by atoms with van der Waals surface area (Å²) >= 11 is 0. The van der Waals surface area contributed by atoms with Gasteiger partial charge in [0, 0.05) is 31.6 Å². The Morgan fingerprint density at radius 1 is 1.18 bits per heavy atom. The number of urea groups is 1. The number of aliphatic hydroxyl groups is 1. The zero-order valence-corrected chi connectivity index (χ0v) is 23.1. The van der Waals surface area contributed by atoms with Gasteiger partial charge in [-0.05, 0) is 30.7 Å². The summed E-state index contributed by atoms with van der Waals surface area (Å²) in [5, 5.41) is 21.4. The quantitative estimate of drug-likeness (QED) is 0.185. The minimum Gasteiger partial charge on any atom is -0.480 e. The number of anilines is 1. The molecule has 1 heterocycles. The molecule has 1 fully saturated rings. The number of aliphatic carboxylic acids is 1. The fourth-order valence-electron chi connectivity index (χ4n) is 4.71. The van der Waals surface area contributed by atoms with Crippen LogP contribution in [0.15, 0.2) is 42.5 Å². The Morgan fingerprint density at radius 3 is 2.64 bits per heavy atom. The molecule has 2 amide bonds. The predicted molar refractivity (Wildman–Crippen MR) is 151 cm³/mol. The number of fused-ring (bicyclic) bond motifs is 1. The van der Waals surface area contributed by atoms with Crippen LogP contribution >= 0.6 is 0 Å². The van der Waals surface area contributed by atoms with Crippen molar-refractivity contribution < 1.29 is 33.8 Å². The first kappa shape index (κ1) is 30.8. The number of nitrogens with two attached hydrogens (primary N) is 1. The lowest BCUT2D eigenvalue weighted by Gasteiger charge is -2.44. The number of amides is 2. The first-order valence-corrected chi connectivity index (χ1v) is 13.4. The second kappa shape index (κ2) is 15.2. The van der Waals surface area contributed by atoms with Crippen LogP contribution in [0.25, 0.3) is 10.8 Å². The van der Waals surface area contributed by atoms with Crippen LogP contribution < -0.4 is 10.6 Å². The van der Waals surface area contributed by atoms with E-state index in [1.807, 2.05) is 41.3 Å². The lowest BCUT2D eigenvalue weighted by Crippen LogP contribution is -2.62. The Balaban J connectivity index is 1.79. The number of ether oxygens (including phenoxy) is 1. The Morgan fingerprint density at radius 2 is 1.92 bits per heavy atom. The minimum absolute atomic E-state index is 0.0373. The molecule has 1 aliphatic rings. The Bertz CT molecular complexity index is 1070. The first-order chi connectivity index (χ1) is 18.7. The molecule has 11 nitrogen and oxygen atoms in total.